The van der Waals surface area contributed by atoms with Gasteiger partial charge in [0.1, 0.15) is 0 Å². The van der Waals surface area contributed by atoms with Crippen LogP contribution >= 0.6 is 15.9 Å². The zero-order valence-corrected chi connectivity index (χ0v) is 13.0. The Balaban J connectivity index is 3.05. The van der Waals surface area contributed by atoms with Gasteiger partial charge in [-0.2, -0.15) is 0 Å². The topological polar surface area (TPSA) is 63.5 Å². The third-order valence-corrected chi connectivity index (χ3v) is 3.14. The third kappa shape index (κ3) is 4.31. The maximum atomic E-state index is 12.3. The van der Waals surface area contributed by atoms with Gasteiger partial charge in [0.2, 0.25) is 0 Å². The molecule has 5 nitrogen and oxygen atoms in total. The number of non-ortho nitro benzene ring substituents is 1. The minimum atomic E-state index is -0.507. The highest BCUT2D eigenvalue weighted by atomic mass is 79.9. The Hall–Kier alpha value is -1.43. The van der Waals surface area contributed by atoms with Crippen LogP contribution in [0.5, 0.6) is 0 Å². The number of carbonyl (C=O) groups excluding carboxylic acids is 1. The van der Waals surface area contributed by atoms with Crippen LogP contribution in [0.4, 0.5) is 5.69 Å². The lowest BCUT2D eigenvalue weighted by atomic mass is 9.96. The van der Waals surface area contributed by atoms with Crippen molar-refractivity contribution in [1.29, 1.82) is 0 Å². The minimum Gasteiger partial charge on any atom is -0.341 e. The van der Waals surface area contributed by atoms with Crippen LogP contribution in [0.25, 0.3) is 0 Å². The van der Waals surface area contributed by atoms with Crippen LogP contribution in [-0.4, -0.2) is 29.3 Å². The second-order valence-electron chi connectivity index (χ2n) is 5.64. The number of nitro groups is 1. The van der Waals surface area contributed by atoms with Gasteiger partial charge in [-0.3, -0.25) is 14.9 Å². The average molecular weight is 329 g/mol. The molecule has 0 bridgehead atoms. The zero-order chi connectivity index (χ0) is 14.8. The highest BCUT2D eigenvalue weighted by Crippen LogP contribution is 2.24. The lowest BCUT2D eigenvalue weighted by Crippen LogP contribution is -2.34. The number of halogens is 1. The van der Waals surface area contributed by atoms with E-state index in [0.717, 1.165) is 0 Å². The van der Waals surface area contributed by atoms with Gasteiger partial charge < -0.3 is 4.90 Å². The summed E-state index contributed by atoms with van der Waals surface area (Å²) in [5.41, 5.74) is 0.189. The molecule has 0 aromatic heterocycles. The summed E-state index contributed by atoms with van der Waals surface area (Å²) in [5, 5.41) is 10.8. The van der Waals surface area contributed by atoms with Gasteiger partial charge in [0, 0.05) is 30.2 Å². The molecule has 1 aromatic rings. The molecular formula is C13H17BrN2O3. The van der Waals surface area contributed by atoms with E-state index in [1.165, 1.54) is 18.2 Å². The Morgan fingerprint density at radius 1 is 1.42 bits per heavy atom. The number of nitrogens with zero attached hydrogens (tertiary/aromatic N) is 2. The van der Waals surface area contributed by atoms with Crippen molar-refractivity contribution >= 4 is 27.5 Å². The van der Waals surface area contributed by atoms with Crippen molar-refractivity contribution in [3.8, 4) is 0 Å². The summed E-state index contributed by atoms with van der Waals surface area (Å²) in [7, 11) is 1.69. The van der Waals surface area contributed by atoms with Gasteiger partial charge in [0.25, 0.3) is 11.6 Å². The Kier molecular flexibility index (Phi) is 4.68. The van der Waals surface area contributed by atoms with Crippen LogP contribution < -0.4 is 0 Å². The van der Waals surface area contributed by atoms with Crippen LogP contribution in [0.15, 0.2) is 22.7 Å². The molecule has 0 heterocycles. The molecule has 6 heteroatoms. The van der Waals surface area contributed by atoms with Gasteiger partial charge in [-0.15, -0.1) is 0 Å². The highest BCUT2D eigenvalue weighted by Gasteiger charge is 2.22. The summed E-state index contributed by atoms with van der Waals surface area (Å²) in [6.45, 7) is 6.65. The molecule has 0 unspecified atom stereocenters. The predicted octanol–water partition coefficient (Wildman–Crippen LogP) is 3.48. The number of carbonyl (C=O) groups is 1. The molecule has 0 saturated heterocycles. The quantitative estimate of drug-likeness (QED) is 0.630. The van der Waals surface area contributed by atoms with Crippen molar-refractivity contribution in [2.75, 3.05) is 13.6 Å². The van der Waals surface area contributed by atoms with E-state index in [0.29, 0.717) is 16.6 Å². The van der Waals surface area contributed by atoms with E-state index in [1.54, 1.807) is 11.9 Å². The zero-order valence-electron chi connectivity index (χ0n) is 11.4. The Morgan fingerprint density at radius 3 is 2.47 bits per heavy atom. The van der Waals surface area contributed by atoms with Gasteiger partial charge in [-0.25, -0.2) is 0 Å². The largest absolute Gasteiger partial charge is 0.341 e. The molecule has 104 valence electrons. The molecule has 0 aliphatic carbocycles. The first-order valence-electron chi connectivity index (χ1n) is 5.81. The second kappa shape index (κ2) is 5.69. The van der Waals surface area contributed by atoms with E-state index < -0.39 is 4.92 Å². The number of rotatable bonds is 3. The summed E-state index contributed by atoms with van der Waals surface area (Å²) in [4.78, 5) is 24.1. The molecule has 1 amide bonds. The first-order valence-corrected chi connectivity index (χ1v) is 6.60. The third-order valence-electron chi connectivity index (χ3n) is 2.45. The van der Waals surface area contributed by atoms with Crippen molar-refractivity contribution in [2.45, 2.75) is 20.8 Å². The molecule has 0 aliphatic heterocycles. The lowest BCUT2D eigenvalue weighted by Gasteiger charge is -2.26. The maximum Gasteiger partial charge on any atom is 0.270 e. The van der Waals surface area contributed by atoms with Gasteiger partial charge in [0.05, 0.1) is 10.5 Å². The Morgan fingerprint density at radius 2 is 2.00 bits per heavy atom. The van der Waals surface area contributed by atoms with E-state index in [-0.39, 0.29) is 17.0 Å². The van der Waals surface area contributed by atoms with Crippen molar-refractivity contribution in [3.05, 3.63) is 38.3 Å². The van der Waals surface area contributed by atoms with Crippen LogP contribution in [0, 0.1) is 15.5 Å². The average Bonchev–Trinajstić information content (AvgIpc) is 2.26. The molecule has 0 spiro atoms. The number of benzene rings is 1. The summed E-state index contributed by atoms with van der Waals surface area (Å²) in [6.07, 6.45) is 0. The summed E-state index contributed by atoms with van der Waals surface area (Å²) in [6, 6.07) is 4.19. The van der Waals surface area contributed by atoms with E-state index in [4.69, 9.17) is 0 Å². The molecule has 0 aliphatic rings. The fourth-order valence-electron chi connectivity index (χ4n) is 1.78. The molecule has 1 aromatic carbocycles. The molecule has 19 heavy (non-hydrogen) atoms. The smallest absolute Gasteiger partial charge is 0.270 e. The first-order chi connectivity index (χ1) is 8.61. The molecule has 0 N–H and O–H groups in total. The van der Waals surface area contributed by atoms with Gasteiger partial charge in [-0.05, 0) is 27.4 Å². The monoisotopic (exact) mass is 328 g/mol. The molecule has 0 atom stereocenters. The predicted molar refractivity (Wildman–Crippen MR) is 77.2 cm³/mol. The SMILES string of the molecule is CN(CC(C)(C)C)C(=O)c1cc([N+](=O)[O-])ccc1Br. The molecule has 0 radical (unpaired) electrons. The van der Waals surface area contributed by atoms with Crippen molar-refractivity contribution in [2.24, 2.45) is 5.41 Å². The second-order valence-corrected chi connectivity index (χ2v) is 6.50. The molecule has 0 fully saturated rings. The van der Waals surface area contributed by atoms with E-state index in [9.17, 15) is 14.9 Å². The van der Waals surface area contributed by atoms with E-state index in [1.807, 2.05) is 20.8 Å². The number of nitro benzene ring substituents is 1. The van der Waals surface area contributed by atoms with Gasteiger partial charge >= 0.3 is 0 Å². The van der Waals surface area contributed by atoms with Crippen LogP contribution in [-0.2, 0) is 0 Å². The Bertz CT molecular complexity index is 509. The summed E-state index contributed by atoms with van der Waals surface area (Å²) in [5.74, 6) is -0.231. The number of amides is 1. The van der Waals surface area contributed by atoms with E-state index in [2.05, 4.69) is 15.9 Å². The highest BCUT2D eigenvalue weighted by molar-refractivity contribution is 9.10. The van der Waals surface area contributed by atoms with Crippen LogP contribution in [0.3, 0.4) is 0 Å². The number of hydrogen-bond donors (Lipinski definition) is 0. The molecule has 0 saturated carbocycles. The van der Waals surface area contributed by atoms with Crippen molar-refractivity contribution < 1.29 is 9.72 Å². The minimum absolute atomic E-state index is 0.0302. The molecular weight excluding hydrogens is 312 g/mol. The normalized spacial score (nSPS) is 11.2. The Labute approximate surface area is 120 Å². The van der Waals surface area contributed by atoms with Crippen LogP contribution in [0.2, 0.25) is 0 Å². The van der Waals surface area contributed by atoms with Crippen molar-refractivity contribution in [1.82, 2.24) is 4.90 Å². The fourth-order valence-corrected chi connectivity index (χ4v) is 2.20. The van der Waals surface area contributed by atoms with Crippen LogP contribution in [0.1, 0.15) is 31.1 Å². The standard InChI is InChI=1S/C13H17BrN2O3/c1-13(2,3)8-15(4)12(17)10-7-9(16(18)19)5-6-11(10)14/h5-7H,8H2,1-4H3. The summed E-state index contributed by atoms with van der Waals surface area (Å²) >= 11 is 3.26. The summed E-state index contributed by atoms with van der Waals surface area (Å²) < 4.78 is 0.559. The maximum absolute atomic E-state index is 12.3. The number of hydrogen-bond acceptors (Lipinski definition) is 3. The van der Waals surface area contributed by atoms with Crippen molar-refractivity contribution in [3.63, 3.8) is 0 Å². The van der Waals surface area contributed by atoms with Gasteiger partial charge in [0.15, 0.2) is 0 Å². The fraction of sp³-hybridized carbons (Fsp3) is 0.462. The molecule has 1 rings (SSSR count). The van der Waals surface area contributed by atoms with Gasteiger partial charge in [-0.1, -0.05) is 20.8 Å². The lowest BCUT2D eigenvalue weighted by molar-refractivity contribution is -0.384. The van der Waals surface area contributed by atoms with E-state index >= 15 is 0 Å². The first kappa shape index (κ1) is 15.6.